The van der Waals surface area contributed by atoms with Crippen molar-refractivity contribution >= 4 is 46.0 Å². The predicted octanol–water partition coefficient (Wildman–Crippen LogP) is 4.55. The Kier molecular flexibility index (Phi) is 10.7. The number of piperidine rings is 2. The Morgan fingerprint density at radius 2 is 1.71 bits per heavy atom. The van der Waals surface area contributed by atoms with Crippen LogP contribution in [-0.2, 0) is 10.4 Å². The van der Waals surface area contributed by atoms with Gasteiger partial charge in [0.05, 0.1) is 30.0 Å². The topological polar surface area (TPSA) is 165 Å². The molecule has 4 saturated heterocycles. The lowest BCUT2D eigenvalue weighted by Gasteiger charge is -2.54. The summed E-state index contributed by atoms with van der Waals surface area (Å²) in [6.45, 7) is 13.0. The van der Waals surface area contributed by atoms with Gasteiger partial charge in [-0.25, -0.2) is 9.78 Å². The number of hydrogen-bond donors (Lipinski definition) is 3. The SMILES string of the molecule is COc1ccc(C(=O)N2CC3(CCN(CCN4CCC(n5cc6cc(NC(=O)c7cccc(C)n7)c(C(C)(C)O)cc6n5)CC4)CC3)C2)cc1N1CCC(=O)NC1=O. The van der Waals surface area contributed by atoms with Crippen molar-refractivity contribution in [1.29, 1.82) is 0 Å². The fourth-order valence-electron chi connectivity index (χ4n) is 8.92. The van der Waals surface area contributed by atoms with Gasteiger partial charge in [0.2, 0.25) is 5.91 Å². The summed E-state index contributed by atoms with van der Waals surface area (Å²) in [5.74, 6) is -0.220. The summed E-state index contributed by atoms with van der Waals surface area (Å²) in [5, 5.41) is 22.2. The molecular weight excluding hydrogens is 739 g/mol. The van der Waals surface area contributed by atoms with Crippen molar-refractivity contribution in [3.05, 3.63) is 77.2 Å². The number of pyridine rings is 1. The molecule has 0 atom stereocenters. The van der Waals surface area contributed by atoms with Gasteiger partial charge in [0.25, 0.3) is 11.8 Å². The zero-order valence-corrected chi connectivity index (χ0v) is 33.8. The number of rotatable bonds is 10. The predicted molar refractivity (Wildman–Crippen MR) is 219 cm³/mol. The Labute approximate surface area is 338 Å². The summed E-state index contributed by atoms with van der Waals surface area (Å²) in [6.07, 6.45) is 6.34. The number of nitrogens with one attached hydrogen (secondary N) is 2. The van der Waals surface area contributed by atoms with Gasteiger partial charge in [0.15, 0.2) is 0 Å². The average molecular weight is 792 g/mol. The molecule has 306 valence electrons. The minimum absolute atomic E-state index is 0.0548. The highest BCUT2D eigenvalue weighted by atomic mass is 16.5. The molecule has 0 radical (unpaired) electrons. The average Bonchev–Trinajstić information content (AvgIpc) is 3.62. The van der Waals surface area contributed by atoms with Gasteiger partial charge >= 0.3 is 6.03 Å². The number of fused-ring (bicyclic) bond motifs is 1. The van der Waals surface area contributed by atoms with E-state index in [0.29, 0.717) is 33.9 Å². The molecule has 0 aliphatic carbocycles. The molecule has 4 aliphatic heterocycles. The van der Waals surface area contributed by atoms with Crippen molar-refractivity contribution in [1.82, 2.24) is 34.8 Å². The van der Waals surface area contributed by atoms with Gasteiger partial charge in [0.1, 0.15) is 11.4 Å². The van der Waals surface area contributed by atoms with Crippen LogP contribution in [0.25, 0.3) is 10.9 Å². The molecule has 8 rings (SSSR count). The maximum Gasteiger partial charge on any atom is 0.328 e. The molecule has 0 unspecified atom stereocenters. The second-order valence-corrected chi connectivity index (χ2v) is 17.0. The van der Waals surface area contributed by atoms with Crippen LogP contribution in [-0.4, -0.2) is 124 Å². The molecule has 15 nitrogen and oxygen atoms in total. The zero-order chi connectivity index (χ0) is 40.8. The Morgan fingerprint density at radius 1 is 0.983 bits per heavy atom. The van der Waals surface area contributed by atoms with Crippen LogP contribution in [0.15, 0.2) is 54.7 Å². The molecule has 4 aliphatic rings. The van der Waals surface area contributed by atoms with E-state index < -0.39 is 11.6 Å². The molecule has 1 spiro atoms. The summed E-state index contributed by atoms with van der Waals surface area (Å²) in [5.41, 5.74) is 2.95. The Morgan fingerprint density at radius 3 is 2.38 bits per heavy atom. The van der Waals surface area contributed by atoms with Gasteiger partial charge in [-0.15, -0.1) is 0 Å². The van der Waals surface area contributed by atoms with Crippen molar-refractivity contribution in [3.8, 4) is 5.75 Å². The van der Waals surface area contributed by atoms with Gasteiger partial charge in [-0.1, -0.05) is 6.07 Å². The van der Waals surface area contributed by atoms with Crippen LogP contribution in [0.1, 0.15) is 84.1 Å². The molecular formula is C43H53N9O6. The first-order chi connectivity index (χ1) is 27.8. The van der Waals surface area contributed by atoms with Crippen molar-refractivity contribution in [2.75, 3.05) is 76.2 Å². The fraction of sp³-hybridized carbons (Fsp3) is 0.488. The second-order valence-electron chi connectivity index (χ2n) is 17.0. The highest BCUT2D eigenvalue weighted by Crippen LogP contribution is 2.42. The van der Waals surface area contributed by atoms with Gasteiger partial charge < -0.3 is 29.9 Å². The van der Waals surface area contributed by atoms with Crippen LogP contribution in [0.2, 0.25) is 0 Å². The van der Waals surface area contributed by atoms with E-state index in [1.54, 1.807) is 44.2 Å². The van der Waals surface area contributed by atoms with Crippen LogP contribution >= 0.6 is 0 Å². The third kappa shape index (κ3) is 8.16. The van der Waals surface area contributed by atoms with E-state index in [-0.39, 0.29) is 42.1 Å². The van der Waals surface area contributed by atoms with E-state index in [4.69, 9.17) is 9.84 Å². The maximum atomic E-state index is 13.5. The van der Waals surface area contributed by atoms with Crippen molar-refractivity contribution in [2.45, 2.75) is 64.5 Å². The number of carbonyl (C=O) groups is 4. The van der Waals surface area contributed by atoms with Gasteiger partial charge in [-0.3, -0.25) is 29.3 Å². The van der Waals surface area contributed by atoms with E-state index in [2.05, 4.69) is 36.3 Å². The number of benzene rings is 2. The monoisotopic (exact) mass is 791 g/mol. The molecule has 5 amide bonds. The molecule has 3 N–H and O–H groups in total. The van der Waals surface area contributed by atoms with E-state index >= 15 is 0 Å². The highest BCUT2D eigenvalue weighted by Gasteiger charge is 2.47. The molecule has 0 bridgehead atoms. The van der Waals surface area contributed by atoms with Gasteiger partial charge in [0, 0.05) is 91.7 Å². The van der Waals surface area contributed by atoms with Crippen molar-refractivity contribution < 1.29 is 29.0 Å². The number of carbonyl (C=O) groups excluding carboxylic acids is 4. The van der Waals surface area contributed by atoms with Gasteiger partial charge in [-0.05, 0) is 102 Å². The number of methoxy groups -OCH3 is 1. The van der Waals surface area contributed by atoms with Crippen LogP contribution in [0.4, 0.5) is 16.2 Å². The molecule has 2 aromatic heterocycles. The lowest BCUT2D eigenvalue weighted by atomic mass is 9.71. The minimum Gasteiger partial charge on any atom is -0.495 e. The summed E-state index contributed by atoms with van der Waals surface area (Å²) in [4.78, 5) is 63.7. The summed E-state index contributed by atoms with van der Waals surface area (Å²) in [7, 11) is 1.52. The summed E-state index contributed by atoms with van der Waals surface area (Å²) < 4.78 is 7.54. The smallest absolute Gasteiger partial charge is 0.328 e. The van der Waals surface area contributed by atoms with Crippen LogP contribution in [0.3, 0.4) is 0 Å². The van der Waals surface area contributed by atoms with Crippen LogP contribution in [0, 0.1) is 12.3 Å². The zero-order valence-electron chi connectivity index (χ0n) is 33.8. The molecule has 4 fully saturated rings. The number of aliphatic hydroxyl groups is 1. The normalized spacial score (nSPS) is 19.3. The largest absolute Gasteiger partial charge is 0.495 e. The summed E-state index contributed by atoms with van der Waals surface area (Å²) in [6, 6.07) is 14.0. The Hall–Kier alpha value is -5.38. The molecule has 2 aromatic carbocycles. The Bertz CT molecular complexity index is 2220. The Balaban J connectivity index is 0.807. The first kappa shape index (κ1) is 39.4. The highest BCUT2D eigenvalue weighted by molar-refractivity contribution is 6.07. The van der Waals surface area contributed by atoms with E-state index in [0.717, 1.165) is 94.6 Å². The maximum absolute atomic E-state index is 13.5. The van der Waals surface area contributed by atoms with Crippen molar-refractivity contribution in [3.63, 3.8) is 0 Å². The third-order valence-corrected chi connectivity index (χ3v) is 12.4. The standard InChI is InChI=1S/C43H53N9O6/c1-28-6-5-7-33(44-28)39(54)45-35-22-30-25-52(47-34(30)24-32(35)42(2,3)57)31-10-15-48(16-11-31)20-21-49-18-13-43(14-19-49)26-50(27-43)40(55)29-8-9-37(58-4)36(23-29)51-17-12-38(53)46-41(51)56/h5-9,22-25,31,57H,10-21,26-27H2,1-4H3,(H,45,54)(H,46,53,56). The van der Waals surface area contributed by atoms with E-state index in [9.17, 15) is 24.3 Å². The fourth-order valence-corrected chi connectivity index (χ4v) is 8.92. The number of urea groups is 1. The lowest BCUT2D eigenvalue weighted by Crippen LogP contribution is -2.62. The van der Waals surface area contributed by atoms with Crippen LogP contribution in [0.5, 0.6) is 5.75 Å². The van der Waals surface area contributed by atoms with Crippen LogP contribution < -0.4 is 20.3 Å². The third-order valence-electron chi connectivity index (χ3n) is 12.4. The number of aryl methyl sites for hydroxylation is 1. The number of imide groups is 1. The number of ether oxygens (including phenoxy) is 1. The second kappa shape index (κ2) is 15.8. The number of likely N-dealkylation sites (tertiary alicyclic amines) is 3. The number of amides is 5. The summed E-state index contributed by atoms with van der Waals surface area (Å²) >= 11 is 0. The first-order valence-electron chi connectivity index (χ1n) is 20.3. The van der Waals surface area contributed by atoms with Gasteiger partial charge in [-0.2, -0.15) is 5.10 Å². The number of anilines is 2. The number of hydrogen-bond acceptors (Lipinski definition) is 10. The quantitative estimate of drug-likeness (QED) is 0.208. The molecule has 15 heteroatoms. The molecule has 6 heterocycles. The minimum atomic E-state index is -1.19. The van der Waals surface area contributed by atoms with E-state index in [1.165, 1.54) is 12.0 Å². The molecule has 4 aromatic rings. The van der Waals surface area contributed by atoms with Crippen molar-refractivity contribution in [2.24, 2.45) is 5.41 Å². The van der Waals surface area contributed by atoms with E-state index in [1.807, 2.05) is 30.0 Å². The number of aromatic nitrogens is 3. The molecule has 0 saturated carbocycles. The first-order valence-corrected chi connectivity index (χ1v) is 20.3. The lowest BCUT2D eigenvalue weighted by molar-refractivity contribution is -0.120. The number of nitrogens with zero attached hydrogens (tertiary/aromatic N) is 7. The molecule has 58 heavy (non-hydrogen) atoms.